The van der Waals surface area contributed by atoms with E-state index in [0.29, 0.717) is 16.3 Å². The molecule has 0 fully saturated rings. The van der Waals surface area contributed by atoms with Gasteiger partial charge < -0.3 is 0 Å². The maximum absolute atomic E-state index is 13.2. The zero-order valence-corrected chi connectivity index (χ0v) is 9.74. The Morgan fingerprint density at radius 1 is 1.60 bits per heavy atom. The minimum absolute atomic E-state index is 0.0521. The van der Waals surface area contributed by atoms with E-state index in [1.165, 1.54) is 24.8 Å². The lowest BCUT2D eigenvalue weighted by Gasteiger charge is -1.96. The largest absolute Gasteiger partial charge is 0.288 e. The predicted octanol–water partition coefficient (Wildman–Crippen LogP) is 3.77. The van der Waals surface area contributed by atoms with E-state index in [2.05, 4.69) is 0 Å². The number of hydrogen-bond donors (Lipinski definition) is 0. The topological polar surface area (TPSA) is 17.1 Å². The fourth-order valence-electron chi connectivity index (χ4n) is 0.977. The van der Waals surface area contributed by atoms with Gasteiger partial charge in [-0.05, 0) is 12.1 Å². The van der Waals surface area contributed by atoms with Crippen LogP contribution in [0.15, 0.2) is 24.3 Å². The van der Waals surface area contributed by atoms with Crippen LogP contribution in [0.25, 0.3) is 6.08 Å². The van der Waals surface area contributed by atoms with Crippen LogP contribution in [0, 0.1) is 5.82 Å². The molecule has 0 unspecified atom stereocenters. The van der Waals surface area contributed by atoms with Crippen LogP contribution in [-0.4, -0.2) is 10.9 Å². The number of hydrogen-bond acceptors (Lipinski definition) is 2. The highest BCUT2D eigenvalue weighted by Gasteiger charge is 1.98. The van der Waals surface area contributed by atoms with E-state index < -0.39 is 0 Å². The molecule has 0 aliphatic heterocycles. The molecule has 80 valence electrons. The van der Waals surface area contributed by atoms with Crippen LogP contribution in [0.3, 0.4) is 0 Å². The van der Waals surface area contributed by atoms with Crippen molar-refractivity contribution in [2.24, 2.45) is 0 Å². The first-order valence-corrected chi connectivity index (χ1v) is 5.71. The molecule has 0 atom stereocenters. The number of thioether (sulfide) groups is 1. The lowest BCUT2D eigenvalue weighted by molar-refractivity contribution is -0.109. The van der Waals surface area contributed by atoms with Crippen LogP contribution in [0.5, 0.6) is 0 Å². The molecule has 0 aromatic heterocycles. The van der Waals surface area contributed by atoms with Gasteiger partial charge in [-0.2, -0.15) is 0 Å². The smallest absolute Gasteiger partial charge is 0.186 e. The average molecular weight is 245 g/mol. The highest BCUT2D eigenvalue weighted by atomic mass is 35.5. The molecular formula is C11H10ClFOS. The summed E-state index contributed by atoms with van der Waals surface area (Å²) >= 11 is 6.79. The van der Waals surface area contributed by atoms with Crippen LogP contribution >= 0.6 is 23.4 Å². The Balaban J connectivity index is 2.60. The fraction of sp³-hybridized carbons (Fsp3) is 0.182. The van der Waals surface area contributed by atoms with Crippen molar-refractivity contribution in [2.75, 3.05) is 5.75 Å². The lowest BCUT2D eigenvalue weighted by atomic mass is 10.2. The molecule has 0 bridgehead atoms. The molecule has 0 spiro atoms. The van der Waals surface area contributed by atoms with Gasteiger partial charge in [0.1, 0.15) is 5.82 Å². The van der Waals surface area contributed by atoms with Gasteiger partial charge in [-0.15, -0.1) is 0 Å². The van der Waals surface area contributed by atoms with Gasteiger partial charge in [0.15, 0.2) is 5.12 Å². The van der Waals surface area contributed by atoms with Gasteiger partial charge in [0.25, 0.3) is 0 Å². The highest BCUT2D eigenvalue weighted by molar-refractivity contribution is 8.13. The molecule has 1 aromatic rings. The van der Waals surface area contributed by atoms with E-state index in [0.717, 1.165) is 0 Å². The Bertz CT molecular complexity index is 390. The second kappa shape index (κ2) is 5.93. The Morgan fingerprint density at radius 3 is 2.93 bits per heavy atom. The zero-order chi connectivity index (χ0) is 11.3. The maximum atomic E-state index is 13.2. The number of halogens is 2. The third-order valence-electron chi connectivity index (χ3n) is 1.64. The van der Waals surface area contributed by atoms with Crippen LogP contribution in [-0.2, 0) is 4.79 Å². The van der Waals surface area contributed by atoms with Crippen molar-refractivity contribution in [2.45, 2.75) is 6.92 Å². The van der Waals surface area contributed by atoms with Gasteiger partial charge in [0, 0.05) is 23.3 Å². The quantitative estimate of drug-likeness (QED) is 0.805. The number of benzene rings is 1. The van der Waals surface area contributed by atoms with Crippen molar-refractivity contribution < 1.29 is 9.18 Å². The molecular weight excluding hydrogens is 235 g/mol. The van der Waals surface area contributed by atoms with E-state index in [9.17, 15) is 9.18 Å². The summed E-state index contributed by atoms with van der Waals surface area (Å²) in [6, 6.07) is 4.49. The molecule has 4 heteroatoms. The van der Waals surface area contributed by atoms with Crippen molar-refractivity contribution in [3.63, 3.8) is 0 Å². The number of carbonyl (C=O) groups excluding carboxylic acids is 1. The van der Waals surface area contributed by atoms with Gasteiger partial charge in [-0.3, -0.25) is 4.79 Å². The predicted molar refractivity (Wildman–Crippen MR) is 63.6 cm³/mol. The molecule has 1 aromatic carbocycles. The molecule has 1 nitrogen and oxygen atoms in total. The SMILES string of the molecule is CC(=O)SCC=Cc1ccc(Cl)cc1F. The van der Waals surface area contributed by atoms with Gasteiger partial charge in [-0.25, -0.2) is 4.39 Å². The highest BCUT2D eigenvalue weighted by Crippen LogP contribution is 2.16. The Kier molecular flexibility index (Phi) is 4.85. The summed E-state index contributed by atoms with van der Waals surface area (Å²) in [5, 5.41) is 0.430. The second-order valence-corrected chi connectivity index (χ2v) is 4.50. The normalized spacial score (nSPS) is 10.9. The summed E-state index contributed by atoms with van der Waals surface area (Å²) in [6.45, 7) is 1.50. The first kappa shape index (κ1) is 12.3. The standard InChI is InChI=1S/C11H10ClFOS/c1-8(14)15-6-2-3-9-4-5-10(12)7-11(9)13/h2-5,7H,6H2,1H3. The van der Waals surface area contributed by atoms with Gasteiger partial charge in [-0.1, -0.05) is 41.6 Å². The second-order valence-electron chi connectivity index (χ2n) is 2.87. The Labute approximate surface area is 97.3 Å². The van der Waals surface area contributed by atoms with E-state index in [-0.39, 0.29) is 10.9 Å². The molecule has 0 heterocycles. The number of rotatable bonds is 3. The van der Waals surface area contributed by atoms with E-state index in [4.69, 9.17) is 11.6 Å². The summed E-state index contributed by atoms with van der Waals surface area (Å²) in [5.74, 6) is 0.198. The third kappa shape index (κ3) is 4.49. The minimum Gasteiger partial charge on any atom is -0.288 e. The molecule has 1 rings (SSSR count). The zero-order valence-electron chi connectivity index (χ0n) is 8.17. The molecule has 0 N–H and O–H groups in total. The molecule has 0 aliphatic carbocycles. The van der Waals surface area contributed by atoms with Crippen molar-refractivity contribution in [3.8, 4) is 0 Å². The van der Waals surface area contributed by atoms with Crippen LogP contribution in [0.1, 0.15) is 12.5 Å². The first-order valence-electron chi connectivity index (χ1n) is 4.34. The minimum atomic E-state index is -0.355. The molecule has 0 saturated carbocycles. The van der Waals surface area contributed by atoms with E-state index in [1.54, 1.807) is 24.3 Å². The van der Waals surface area contributed by atoms with Crippen LogP contribution < -0.4 is 0 Å². The van der Waals surface area contributed by atoms with Gasteiger partial charge in [0.2, 0.25) is 0 Å². The molecule has 15 heavy (non-hydrogen) atoms. The van der Waals surface area contributed by atoms with Crippen LogP contribution in [0.4, 0.5) is 4.39 Å². The molecule has 0 aliphatic rings. The lowest BCUT2D eigenvalue weighted by Crippen LogP contribution is -1.83. The average Bonchev–Trinajstić information content (AvgIpc) is 2.14. The molecule has 0 amide bonds. The monoisotopic (exact) mass is 244 g/mol. The van der Waals surface area contributed by atoms with Crippen molar-refractivity contribution in [3.05, 3.63) is 40.7 Å². The first-order chi connectivity index (χ1) is 7.09. The summed E-state index contributed by atoms with van der Waals surface area (Å²) < 4.78 is 13.2. The summed E-state index contributed by atoms with van der Waals surface area (Å²) in [7, 11) is 0. The molecule has 0 saturated heterocycles. The van der Waals surface area contributed by atoms with Crippen molar-refractivity contribution in [1.29, 1.82) is 0 Å². The van der Waals surface area contributed by atoms with Crippen molar-refractivity contribution >= 4 is 34.6 Å². The van der Waals surface area contributed by atoms with Gasteiger partial charge in [0.05, 0.1) is 0 Å². The maximum Gasteiger partial charge on any atom is 0.186 e. The van der Waals surface area contributed by atoms with E-state index in [1.807, 2.05) is 0 Å². The summed E-state index contributed by atoms with van der Waals surface area (Å²) in [6.07, 6.45) is 3.39. The number of carbonyl (C=O) groups is 1. The molecule has 0 radical (unpaired) electrons. The van der Waals surface area contributed by atoms with Crippen LogP contribution in [0.2, 0.25) is 5.02 Å². The summed E-state index contributed by atoms with van der Waals surface area (Å²) in [4.78, 5) is 10.6. The fourth-order valence-corrected chi connectivity index (χ4v) is 1.56. The van der Waals surface area contributed by atoms with E-state index >= 15 is 0 Å². The summed E-state index contributed by atoms with van der Waals surface area (Å²) in [5.41, 5.74) is 0.476. The Hall–Kier alpha value is -0.800. The van der Waals surface area contributed by atoms with Gasteiger partial charge >= 0.3 is 0 Å². The Morgan fingerprint density at radius 2 is 2.33 bits per heavy atom. The third-order valence-corrected chi connectivity index (χ3v) is 2.64. The van der Waals surface area contributed by atoms with Crippen molar-refractivity contribution in [1.82, 2.24) is 0 Å².